The molecule has 0 aliphatic carbocycles. The number of anilines is 1. The van der Waals surface area contributed by atoms with Crippen LogP contribution in [0.3, 0.4) is 0 Å². The predicted molar refractivity (Wildman–Crippen MR) is 76.9 cm³/mol. The molecule has 1 aromatic rings. The molecule has 88 valence electrons. The average molecular weight is 225 g/mol. The molecule has 0 heterocycles. The number of hydrogen-bond donors (Lipinski definition) is 0. The quantitative estimate of drug-likeness (QED) is 0.656. The van der Waals surface area contributed by atoms with Crippen molar-refractivity contribution in [2.24, 2.45) is 0 Å². The van der Waals surface area contributed by atoms with E-state index in [0.717, 1.165) is 0 Å². The second-order valence-corrected chi connectivity index (χ2v) is 7.43. The molecule has 0 aliphatic rings. The lowest BCUT2D eigenvalue weighted by Crippen LogP contribution is -2.07. The molecular formula is C13H27NSi. The van der Waals surface area contributed by atoms with E-state index in [9.17, 15) is 0 Å². The van der Waals surface area contributed by atoms with Crippen LogP contribution in [0.15, 0.2) is 30.3 Å². The Morgan fingerprint density at radius 1 is 0.867 bits per heavy atom. The third-order valence-corrected chi connectivity index (χ3v) is 1.27. The minimum absolute atomic E-state index is 0.139. The maximum Gasteiger partial charge on any atom is 0.0360 e. The van der Waals surface area contributed by atoms with Crippen molar-refractivity contribution >= 4 is 14.5 Å². The van der Waals surface area contributed by atoms with E-state index >= 15 is 0 Å². The number of para-hydroxylation sites is 1. The van der Waals surface area contributed by atoms with Gasteiger partial charge < -0.3 is 4.90 Å². The summed E-state index contributed by atoms with van der Waals surface area (Å²) in [7, 11) is 3.94. The number of benzene rings is 1. The molecule has 0 aromatic heterocycles. The van der Waals surface area contributed by atoms with E-state index in [2.05, 4.69) is 36.7 Å². The molecule has 0 saturated heterocycles. The normalized spacial score (nSPS) is 8.27. The van der Waals surface area contributed by atoms with Crippen LogP contribution in [0, 0.1) is 0 Å². The van der Waals surface area contributed by atoms with Crippen LogP contribution in [0.2, 0.25) is 19.6 Å². The summed E-state index contributed by atoms with van der Waals surface area (Å²) in [6.07, 6.45) is 0. The van der Waals surface area contributed by atoms with Gasteiger partial charge in [0.1, 0.15) is 0 Å². The largest absolute Gasteiger partial charge is 0.378 e. The van der Waals surface area contributed by atoms with Crippen molar-refractivity contribution in [3.8, 4) is 0 Å². The van der Waals surface area contributed by atoms with E-state index in [1.165, 1.54) is 5.69 Å². The van der Waals surface area contributed by atoms with Gasteiger partial charge in [0, 0.05) is 28.6 Å². The van der Waals surface area contributed by atoms with Crippen molar-refractivity contribution in [3.05, 3.63) is 30.3 Å². The summed E-state index contributed by atoms with van der Waals surface area (Å²) in [5, 5.41) is 0. The minimum Gasteiger partial charge on any atom is -0.378 e. The van der Waals surface area contributed by atoms with Crippen LogP contribution < -0.4 is 4.90 Å². The van der Waals surface area contributed by atoms with Crippen LogP contribution in [0.5, 0.6) is 0 Å². The highest BCUT2D eigenvalue weighted by Crippen LogP contribution is 2.07. The van der Waals surface area contributed by atoms with Crippen LogP contribution in [0.25, 0.3) is 0 Å². The summed E-state index contributed by atoms with van der Waals surface area (Å²) >= 11 is 0. The van der Waals surface area contributed by atoms with Gasteiger partial charge in [-0.15, -0.1) is 0 Å². The fourth-order valence-electron chi connectivity index (χ4n) is 0.726. The van der Waals surface area contributed by atoms with E-state index in [0.29, 0.717) is 0 Å². The first-order valence-corrected chi connectivity index (χ1v) is 9.22. The minimum atomic E-state index is -0.139. The Morgan fingerprint density at radius 3 is 1.40 bits per heavy atom. The molecule has 0 saturated carbocycles. The monoisotopic (exact) mass is 225 g/mol. The molecule has 0 fully saturated rings. The Hall–Kier alpha value is -0.763. The van der Waals surface area contributed by atoms with Crippen molar-refractivity contribution in [3.63, 3.8) is 0 Å². The van der Waals surface area contributed by atoms with E-state index < -0.39 is 0 Å². The van der Waals surface area contributed by atoms with Gasteiger partial charge in [-0.05, 0) is 12.1 Å². The average Bonchev–Trinajstić information content (AvgIpc) is 2.21. The molecule has 0 unspecified atom stereocenters. The third-order valence-electron chi connectivity index (χ3n) is 1.27. The zero-order valence-electron chi connectivity index (χ0n) is 11.4. The van der Waals surface area contributed by atoms with Gasteiger partial charge in [0.25, 0.3) is 0 Å². The van der Waals surface area contributed by atoms with Gasteiger partial charge in [0.2, 0.25) is 0 Å². The molecule has 0 amide bonds. The van der Waals surface area contributed by atoms with Crippen LogP contribution >= 0.6 is 0 Å². The zero-order valence-corrected chi connectivity index (χ0v) is 12.6. The van der Waals surface area contributed by atoms with Gasteiger partial charge in [0.05, 0.1) is 0 Å². The zero-order chi connectivity index (χ0) is 12.3. The molecule has 0 N–H and O–H groups in total. The van der Waals surface area contributed by atoms with Gasteiger partial charge in [-0.1, -0.05) is 51.7 Å². The van der Waals surface area contributed by atoms with E-state index in [1.807, 2.05) is 46.1 Å². The van der Waals surface area contributed by atoms with E-state index in [1.54, 1.807) is 0 Å². The van der Waals surface area contributed by atoms with Crippen molar-refractivity contribution in [1.29, 1.82) is 0 Å². The fraction of sp³-hybridized carbons (Fsp3) is 0.538. The Kier molecular flexibility index (Phi) is 12.6. The Morgan fingerprint density at radius 2 is 1.20 bits per heavy atom. The Labute approximate surface area is 97.7 Å². The molecule has 0 atom stereocenters. The molecular weight excluding hydrogens is 198 g/mol. The summed E-state index contributed by atoms with van der Waals surface area (Å²) in [6.45, 7) is 10.9. The summed E-state index contributed by atoms with van der Waals surface area (Å²) < 4.78 is 0. The lowest BCUT2D eigenvalue weighted by atomic mass is 10.3. The Balaban J connectivity index is 0. The maximum atomic E-state index is 2.31. The second-order valence-electron chi connectivity index (χ2n) is 3.96. The first-order chi connectivity index (χ1) is 7.04. The van der Waals surface area contributed by atoms with Gasteiger partial charge in [-0.3, -0.25) is 0 Å². The number of hydrogen-bond acceptors (Lipinski definition) is 1. The van der Waals surface area contributed by atoms with Crippen LogP contribution in [0.4, 0.5) is 5.69 Å². The highest BCUT2D eigenvalue weighted by atomic mass is 28.3. The molecule has 2 heteroatoms. The highest BCUT2D eigenvalue weighted by molar-refractivity contribution is 6.54. The SMILES string of the molecule is CC.CN(C)c1ccccc1.C[SiH](C)C. The molecule has 0 aliphatic heterocycles. The summed E-state index contributed by atoms with van der Waals surface area (Å²) in [5.41, 5.74) is 1.25. The molecule has 0 bridgehead atoms. The topological polar surface area (TPSA) is 3.24 Å². The van der Waals surface area contributed by atoms with Crippen molar-refractivity contribution < 1.29 is 0 Å². The molecule has 0 radical (unpaired) electrons. The van der Waals surface area contributed by atoms with Crippen LogP contribution in [-0.2, 0) is 0 Å². The molecule has 1 aromatic carbocycles. The predicted octanol–water partition coefficient (Wildman–Crippen LogP) is 3.88. The standard InChI is InChI=1S/C8H11N.C3H10Si.C2H6/c1-9(2)8-6-4-3-5-7-8;1-4(2)3;1-2/h3-7H,1-2H3;4H,1-3H3;1-2H3. The van der Waals surface area contributed by atoms with Gasteiger partial charge >= 0.3 is 0 Å². The summed E-state index contributed by atoms with van der Waals surface area (Å²) in [6, 6.07) is 10.3. The maximum absolute atomic E-state index is 2.31. The van der Waals surface area contributed by atoms with Gasteiger partial charge in [-0.2, -0.15) is 0 Å². The second kappa shape index (κ2) is 11.3. The molecule has 1 rings (SSSR count). The fourth-order valence-corrected chi connectivity index (χ4v) is 0.726. The number of nitrogens with zero attached hydrogens (tertiary/aromatic N) is 1. The third kappa shape index (κ3) is 13.2. The smallest absolute Gasteiger partial charge is 0.0360 e. The van der Waals surface area contributed by atoms with Gasteiger partial charge in [-0.25, -0.2) is 0 Å². The van der Waals surface area contributed by atoms with E-state index in [4.69, 9.17) is 0 Å². The van der Waals surface area contributed by atoms with Crippen LogP contribution in [-0.4, -0.2) is 22.9 Å². The lowest BCUT2D eigenvalue weighted by molar-refractivity contribution is 1.13. The first-order valence-electron chi connectivity index (χ1n) is 5.76. The Bertz CT molecular complexity index is 204. The molecule has 1 nitrogen and oxygen atoms in total. The van der Waals surface area contributed by atoms with E-state index in [-0.39, 0.29) is 8.80 Å². The van der Waals surface area contributed by atoms with Crippen LogP contribution in [0.1, 0.15) is 13.8 Å². The van der Waals surface area contributed by atoms with Gasteiger partial charge in [0.15, 0.2) is 0 Å². The van der Waals surface area contributed by atoms with Crippen molar-refractivity contribution in [2.45, 2.75) is 33.5 Å². The van der Waals surface area contributed by atoms with Crippen molar-refractivity contribution in [2.75, 3.05) is 19.0 Å². The number of rotatable bonds is 1. The molecule has 0 spiro atoms. The van der Waals surface area contributed by atoms with Crippen molar-refractivity contribution in [1.82, 2.24) is 0 Å². The molecule has 15 heavy (non-hydrogen) atoms. The first kappa shape index (κ1) is 16.7. The summed E-state index contributed by atoms with van der Waals surface area (Å²) in [5.74, 6) is 0. The lowest BCUT2D eigenvalue weighted by Gasteiger charge is -2.10. The highest BCUT2D eigenvalue weighted by Gasteiger charge is 1.87. The summed E-state index contributed by atoms with van der Waals surface area (Å²) in [4.78, 5) is 2.08.